The molecule has 30 heavy (non-hydrogen) atoms. The van der Waals surface area contributed by atoms with E-state index in [0.29, 0.717) is 24.8 Å². The fraction of sp³-hybridized carbons (Fsp3) is 0.364. The summed E-state index contributed by atoms with van der Waals surface area (Å²) in [6, 6.07) is 11.5. The molecule has 3 aromatic rings. The van der Waals surface area contributed by atoms with Crippen LogP contribution in [0.2, 0.25) is 0 Å². The van der Waals surface area contributed by atoms with Crippen molar-refractivity contribution in [1.29, 1.82) is 0 Å². The largest absolute Gasteiger partial charge is 0.497 e. The van der Waals surface area contributed by atoms with Gasteiger partial charge in [0, 0.05) is 30.4 Å². The van der Waals surface area contributed by atoms with Gasteiger partial charge in [-0.25, -0.2) is 0 Å². The van der Waals surface area contributed by atoms with Crippen LogP contribution in [0.25, 0.3) is 11.4 Å². The van der Waals surface area contributed by atoms with Crippen molar-refractivity contribution >= 4 is 5.91 Å². The molecule has 3 heterocycles. The van der Waals surface area contributed by atoms with Crippen molar-refractivity contribution < 1.29 is 14.1 Å². The van der Waals surface area contributed by atoms with Crippen LogP contribution in [0.1, 0.15) is 24.3 Å². The number of carbonyl (C=O) groups is 1. The number of benzene rings is 1. The molecule has 8 heteroatoms. The molecule has 0 saturated carbocycles. The summed E-state index contributed by atoms with van der Waals surface area (Å²) in [5.74, 6) is 2.09. The number of piperidine rings is 1. The van der Waals surface area contributed by atoms with Crippen molar-refractivity contribution in [2.45, 2.75) is 25.9 Å². The summed E-state index contributed by atoms with van der Waals surface area (Å²) in [7, 11) is 1.64. The zero-order valence-corrected chi connectivity index (χ0v) is 17.0. The van der Waals surface area contributed by atoms with Gasteiger partial charge >= 0.3 is 0 Å². The molecule has 1 N–H and O–H groups in total. The lowest BCUT2D eigenvalue weighted by Gasteiger charge is -2.30. The summed E-state index contributed by atoms with van der Waals surface area (Å²) in [5, 5.41) is 7.08. The number of methoxy groups -OCH3 is 1. The third-order valence-corrected chi connectivity index (χ3v) is 5.33. The zero-order valence-electron chi connectivity index (χ0n) is 17.0. The molecule has 1 aliphatic heterocycles. The third-order valence-electron chi connectivity index (χ3n) is 5.33. The normalized spacial score (nSPS) is 15.1. The maximum atomic E-state index is 12.5. The van der Waals surface area contributed by atoms with Crippen LogP contribution in [0.4, 0.5) is 0 Å². The summed E-state index contributed by atoms with van der Waals surface area (Å²) in [6.45, 7) is 2.77. The number of aromatic nitrogens is 3. The number of rotatable bonds is 7. The molecule has 0 atom stereocenters. The fourth-order valence-corrected chi connectivity index (χ4v) is 3.55. The van der Waals surface area contributed by atoms with E-state index >= 15 is 0 Å². The van der Waals surface area contributed by atoms with Gasteiger partial charge in [-0.05, 0) is 55.8 Å². The van der Waals surface area contributed by atoms with Crippen molar-refractivity contribution in [3.63, 3.8) is 0 Å². The van der Waals surface area contributed by atoms with Crippen molar-refractivity contribution in [3.05, 3.63) is 60.2 Å². The molecule has 8 nitrogen and oxygen atoms in total. The van der Waals surface area contributed by atoms with E-state index in [1.807, 2.05) is 36.4 Å². The molecule has 1 aliphatic rings. The van der Waals surface area contributed by atoms with Gasteiger partial charge in [-0.2, -0.15) is 4.98 Å². The number of likely N-dealkylation sites (tertiary alicyclic amines) is 1. The number of carbonyl (C=O) groups excluding carboxylic acids is 1. The van der Waals surface area contributed by atoms with Crippen LogP contribution in [0.5, 0.6) is 5.75 Å². The lowest BCUT2D eigenvalue weighted by atomic mass is 9.96. The van der Waals surface area contributed by atoms with Crippen molar-refractivity contribution in [2.24, 2.45) is 5.92 Å². The topological polar surface area (TPSA) is 93.4 Å². The summed E-state index contributed by atoms with van der Waals surface area (Å²) in [4.78, 5) is 23.3. The number of hydrogen-bond acceptors (Lipinski definition) is 7. The Balaban J connectivity index is 1.22. The number of pyridine rings is 1. The lowest BCUT2D eigenvalue weighted by Crippen LogP contribution is -2.40. The number of hydrogen-bond donors (Lipinski definition) is 1. The van der Waals surface area contributed by atoms with Gasteiger partial charge in [0.25, 0.3) is 0 Å². The van der Waals surface area contributed by atoms with Gasteiger partial charge in [0.15, 0.2) is 0 Å². The van der Waals surface area contributed by atoms with Gasteiger partial charge in [0.2, 0.25) is 17.6 Å². The van der Waals surface area contributed by atoms with Crippen LogP contribution in [-0.2, 0) is 17.9 Å². The molecule has 1 saturated heterocycles. The maximum absolute atomic E-state index is 12.5. The fourth-order valence-electron chi connectivity index (χ4n) is 3.55. The maximum Gasteiger partial charge on any atom is 0.241 e. The highest BCUT2D eigenvalue weighted by Crippen LogP contribution is 2.20. The summed E-state index contributed by atoms with van der Waals surface area (Å²) in [5.41, 5.74) is 1.89. The highest BCUT2D eigenvalue weighted by Gasteiger charge is 2.25. The predicted octanol–water partition coefficient (Wildman–Crippen LogP) is 2.67. The average molecular weight is 407 g/mol. The smallest absolute Gasteiger partial charge is 0.241 e. The highest BCUT2D eigenvalue weighted by atomic mass is 16.5. The SMILES string of the molecule is COc1ccc(CNC(=O)C2CCN(Cc3nc(-c4cccnc4)no3)CC2)cc1. The zero-order chi connectivity index (χ0) is 20.8. The van der Waals surface area contributed by atoms with Gasteiger partial charge in [0.1, 0.15) is 5.75 Å². The van der Waals surface area contributed by atoms with Crippen molar-refractivity contribution in [3.8, 4) is 17.1 Å². The summed E-state index contributed by atoms with van der Waals surface area (Å²) < 4.78 is 10.5. The Kier molecular flexibility index (Phi) is 6.34. The molecule has 0 unspecified atom stereocenters. The monoisotopic (exact) mass is 407 g/mol. The first-order valence-electron chi connectivity index (χ1n) is 10.1. The van der Waals surface area contributed by atoms with E-state index in [1.165, 1.54) is 0 Å². The molecule has 0 aliphatic carbocycles. The molecule has 156 valence electrons. The number of ether oxygens (including phenoxy) is 1. The van der Waals surface area contributed by atoms with Crippen LogP contribution in [0, 0.1) is 5.92 Å². The lowest BCUT2D eigenvalue weighted by molar-refractivity contribution is -0.126. The van der Waals surface area contributed by atoms with E-state index in [2.05, 4.69) is 25.3 Å². The van der Waals surface area contributed by atoms with Gasteiger partial charge in [-0.1, -0.05) is 17.3 Å². The van der Waals surface area contributed by atoms with E-state index in [-0.39, 0.29) is 11.8 Å². The van der Waals surface area contributed by atoms with Crippen LogP contribution < -0.4 is 10.1 Å². The Morgan fingerprint density at radius 1 is 1.23 bits per heavy atom. The molecule has 1 aromatic carbocycles. The summed E-state index contributed by atoms with van der Waals surface area (Å²) >= 11 is 0. The minimum atomic E-state index is 0.0353. The third kappa shape index (κ3) is 5.01. The molecule has 4 rings (SSSR count). The highest BCUT2D eigenvalue weighted by molar-refractivity contribution is 5.78. The average Bonchev–Trinajstić information content (AvgIpc) is 3.27. The second kappa shape index (κ2) is 9.49. The minimum Gasteiger partial charge on any atom is -0.497 e. The Labute approximate surface area is 175 Å². The molecular weight excluding hydrogens is 382 g/mol. The molecular formula is C22H25N5O3. The first kappa shape index (κ1) is 20.0. The number of amides is 1. The minimum absolute atomic E-state index is 0.0353. The van der Waals surface area contributed by atoms with E-state index in [1.54, 1.807) is 19.5 Å². The van der Waals surface area contributed by atoms with Crippen LogP contribution in [-0.4, -0.2) is 46.1 Å². The quantitative estimate of drug-likeness (QED) is 0.643. The standard InChI is InChI=1S/C22H25N5O3/c1-29-19-6-4-16(5-7-19)13-24-22(28)17-8-11-27(12-9-17)15-20-25-21(26-30-20)18-3-2-10-23-14-18/h2-7,10,14,17H,8-9,11-13,15H2,1H3,(H,24,28). The van der Waals surface area contributed by atoms with E-state index in [0.717, 1.165) is 42.8 Å². The van der Waals surface area contributed by atoms with E-state index in [4.69, 9.17) is 9.26 Å². The second-order valence-electron chi connectivity index (χ2n) is 7.37. The van der Waals surface area contributed by atoms with Gasteiger partial charge in [-0.15, -0.1) is 0 Å². The van der Waals surface area contributed by atoms with Gasteiger partial charge in [0.05, 0.1) is 13.7 Å². The Hall–Kier alpha value is -3.26. The van der Waals surface area contributed by atoms with E-state index < -0.39 is 0 Å². The second-order valence-corrected chi connectivity index (χ2v) is 7.37. The molecule has 0 radical (unpaired) electrons. The Morgan fingerprint density at radius 3 is 2.73 bits per heavy atom. The number of nitrogens with one attached hydrogen (secondary N) is 1. The molecule has 0 spiro atoms. The van der Waals surface area contributed by atoms with E-state index in [9.17, 15) is 4.79 Å². The molecule has 0 bridgehead atoms. The van der Waals surface area contributed by atoms with Crippen LogP contribution in [0.3, 0.4) is 0 Å². The van der Waals surface area contributed by atoms with Gasteiger partial charge in [-0.3, -0.25) is 14.7 Å². The predicted molar refractivity (Wildman–Crippen MR) is 110 cm³/mol. The van der Waals surface area contributed by atoms with Crippen molar-refractivity contribution in [2.75, 3.05) is 20.2 Å². The molecule has 1 fully saturated rings. The summed E-state index contributed by atoms with van der Waals surface area (Å²) in [6.07, 6.45) is 5.06. The van der Waals surface area contributed by atoms with Crippen molar-refractivity contribution in [1.82, 2.24) is 25.3 Å². The molecule has 2 aromatic heterocycles. The first-order chi connectivity index (χ1) is 14.7. The number of nitrogens with zero attached hydrogens (tertiary/aromatic N) is 4. The van der Waals surface area contributed by atoms with Gasteiger partial charge < -0.3 is 14.6 Å². The van der Waals surface area contributed by atoms with Crippen LogP contribution >= 0.6 is 0 Å². The Bertz CT molecular complexity index is 950. The first-order valence-corrected chi connectivity index (χ1v) is 10.1. The van der Waals surface area contributed by atoms with Crippen LogP contribution in [0.15, 0.2) is 53.3 Å². The molecule has 1 amide bonds. The Morgan fingerprint density at radius 2 is 2.03 bits per heavy atom.